The van der Waals surface area contributed by atoms with Gasteiger partial charge in [0.2, 0.25) is 0 Å². The minimum Gasteiger partial charge on any atom is -0.479 e. The van der Waals surface area contributed by atoms with Crippen molar-refractivity contribution in [2.45, 2.75) is 0 Å². The third-order valence-corrected chi connectivity index (χ3v) is 2.81. The molecule has 3 nitrogen and oxygen atoms in total. The molecular weight excluding hydrogens is 264 g/mol. The van der Waals surface area contributed by atoms with Crippen molar-refractivity contribution in [2.75, 3.05) is 7.11 Å². The van der Waals surface area contributed by atoms with Gasteiger partial charge in [0.25, 0.3) is 5.88 Å². The van der Waals surface area contributed by atoms with E-state index in [1.54, 1.807) is 7.11 Å². The molecule has 0 radical (unpaired) electrons. The van der Waals surface area contributed by atoms with E-state index in [4.69, 9.17) is 4.74 Å². The van der Waals surface area contributed by atoms with Gasteiger partial charge in [-0.05, 0) is 12.1 Å². The second-order valence-corrected chi connectivity index (χ2v) is 4.07. The highest BCUT2D eigenvalue weighted by atomic mass is 79.9. The molecule has 0 saturated carbocycles. The molecule has 0 saturated heterocycles. The lowest BCUT2D eigenvalue weighted by Crippen LogP contribution is -1.86. The largest absolute Gasteiger partial charge is 0.479 e. The van der Waals surface area contributed by atoms with Crippen molar-refractivity contribution in [3.8, 4) is 17.1 Å². The molecule has 5 heteroatoms. The van der Waals surface area contributed by atoms with Gasteiger partial charge in [-0.1, -0.05) is 28.1 Å². The van der Waals surface area contributed by atoms with Gasteiger partial charge in [0.05, 0.1) is 18.8 Å². The molecule has 0 atom stereocenters. The Balaban J connectivity index is 2.44. The second kappa shape index (κ2) is 4.06. The Hall–Kier alpha value is -0.940. The van der Waals surface area contributed by atoms with Crippen molar-refractivity contribution in [3.05, 3.63) is 28.7 Å². The van der Waals surface area contributed by atoms with Crippen LogP contribution in [-0.2, 0) is 0 Å². The number of hydrogen-bond donors (Lipinski definition) is 0. The first-order valence-corrected chi connectivity index (χ1v) is 5.46. The van der Waals surface area contributed by atoms with Crippen molar-refractivity contribution in [2.24, 2.45) is 0 Å². The lowest BCUT2D eigenvalue weighted by molar-refractivity contribution is 0.403. The highest BCUT2D eigenvalue weighted by Gasteiger charge is 2.09. The zero-order valence-electron chi connectivity index (χ0n) is 7.40. The van der Waals surface area contributed by atoms with Crippen LogP contribution in [0.2, 0.25) is 0 Å². The van der Waals surface area contributed by atoms with Gasteiger partial charge in [-0.15, -0.1) is 4.37 Å². The Bertz CT molecular complexity index is 427. The van der Waals surface area contributed by atoms with Gasteiger partial charge >= 0.3 is 0 Å². The number of aromatic nitrogens is 2. The van der Waals surface area contributed by atoms with Crippen LogP contribution in [0.1, 0.15) is 0 Å². The van der Waals surface area contributed by atoms with Crippen molar-refractivity contribution < 1.29 is 4.74 Å². The maximum atomic E-state index is 5.10. The Labute approximate surface area is 94.2 Å². The van der Waals surface area contributed by atoms with E-state index in [9.17, 15) is 0 Å². The Morgan fingerprint density at radius 1 is 1.21 bits per heavy atom. The zero-order chi connectivity index (χ0) is 9.97. The normalized spacial score (nSPS) is 10.1. The van der Waals surface area contributed by atoms with E-state index in [1.165, 1.54) is 0 Å². The number of nitrogens with zero attached hydrogens (tertiary/aromatic N) is 2. The van der Waals surface area contributed by atoms with Crippen LogP contribution in [0.4, 0.5) is 0 Å². The topological polar surface area (TPSA) is 35.0 Å². The van der Waals surface area contributed by atoms with Gasteiger partial charge in [0.1, 0.15) is 5.69 Å². The summed E-state index contributed by atoms with van der Waals surface area (Å²) in [6.07, 6.45) is 0. The molecule has 0 spiro atoms. The van der Waals surface area contributed by atoms with Crippen LogP contribution in [0.15, 0.2) is 28.7 Å². The summed E-state index contributed by atoms with van der Waals surface area (Å²) in [5.74, 6) is 0.581. The van der Waals surface area contributed by atoms with Crippen LogP contribution in [0.25, 0.3) is 11.3 Å². The molecule has 1 heterocycles. The summed E-state index contributed by atoms with van der Waals surface area (Å²) in [6.45, 7) is 0. The average molecular weight is 271 g/mol. The monoisotopic (exact) mass is 270 g/mol. The van der Waals surface area contributed by atoms with Crippen molar-refractivity contribution in [1.29, 1.82) is 0 Å². The molecule has 0 aliphatic heterocycles. The number of hydrogen-bond acceptors (Lipinski definition) is 4. The summed E-state index contributed by atoms with van der Waals surface area (Å²) >= 11 is 4.53. The predicted octanol–water partition coefficient (Wildman–Crippen LogP) is 2.98. The number of ether oxygens (including phenoxy) is 1. The number of methoxy groups -OCH3 is 1. The molecular formula is C9H7BrN2OS. The highest BCUT2D eigenvalue weighted by molar-refractivity contribution is 9.10. The van der Waals surface area contributed by atoms with E-state index >= 15 is 0 Å². The molecule has 0 unspecified atom stereocenters. The molecule has 1 aromatic heterocycles. The SMILES string of the molecule is COc1nsnc1-c1ccc(Br)cc1. The fourth-order valence-electron chi connectivity index (χ4n) is 1.10. The van der Waals surface area contributed by atoms with Crippen LogP contribution in [0.3, 0.4) is 0 Å². The Morgan fingerprint density at radius 2 is 1.93 bits per heavy atom. The maximum Gasteiger partial charge on any atom is 0.253 e. The molecule has 0 aliphatic carbocycles. The van der Waals surface area contributed by atoms with Crippen LogP contribution >= 0.6 is 27.7 Å². The van der Waals surface area contributed by atoms with Crippen LogP contribution < -0.4 is 4.74 Å². The minimum absolute atomic E-state index is 0.581. The number of rotatable bonds is 2. The molecule has 0 amide bonds. The molecule has 0 N–H and O–H groups in total. The van der Waals surface area contributed by atoms with Gasteiger partial charge in [0.15, 0.2) is 0 Å². The van der Waals surface area contributed by atoms with E-state index < -0.39 is 0 Å². The summed E-state index contributed by atoms with van der Waals surface area (Å²) < 4.78 is 14.3. The third-order valence-electron chi connectivity index (χ3n) is 1.77. The van der Waals surface area contributed by atoms with Gasteiger partial charge in [-0.2, -0.15) is 4.37 Å². The number of halogens is 1. The Kier molecular flexibility index (Phi) is 2.79. The van der Waals surface area contributed by atoms with Crippen molar-refractivity contribution in [3.63, 3.8) is 0 Å². The summed E-state index contributed by atoms with van der Waals surface area (Å²) in [6, 6.07) is 7.88. The average Bonchev–Trinajstić information content (AvgIpc) is 2.67. The lowest BCUT2D eigenvalue weighted by Gasteiger charge is -1.99. The fraction of sp³-hybridized carbons (Fsp3) is 0.111. The molecule has 0 fully saturated rings. The summed E-state index contributed by atoms with van der Waals surface area (Å²) in [7, 11) is 1.60. The quantitative estimate of drug-likeness (QED) is 0.842. The first-order chi connectivity index (χ1) is 6.81. The lowest BCUT2D eigenvalue weighted by atomic mass is 10.2. The van der Waals surface area contributed by atoms with Gasteiger partial charge in [0, 0.05) is 10.0 Å². The summed E-state index contributed by atoms with van der Waals surface area (Å²) in [4.78, 5) is 0. The van der Waals surface area contributed by atoms with Crippen LogP contribution in [-0.4, -0.2) is 15.9 Å². The third kappa shape index (κ3) is 1.78. The maximum absolute atomic E-state index is 5.10. The molecule has 0 bridgehead atoms. The van der Waals surface area contributed by atoms with Crippen molar-refractivity contribution >= 4 is 27.7 Å². The van der Waals surface area contributed by atoms with Crippen molar-refractivity contribution in [1.82, 2.24) is 8.75 Å². The smallest absolute Gasteiger partial charge is 0.253 e. The van der Waals surface area contributed by atoms with E-state index in [-0.39, 0.29) is 0 Å². The summed E-state index contributed by atoms with van der Waals surface area (Å²) in [5, 5.41) is 0. The second-order valence-electron chi connectivity index (χ2n) is 2.63. The van der Waals surface area contributed by atoms with E-state index in [2.05, 4.69) is 24.7 Å². The predicted molar refractivity (Wildman–Crippen MR) is 59.6 cm³/mol. The molecule has 1 aromatic carbocycles. The fourth-order valence-corrected chi connectivity index (χ4v) is 1.90. The first-order valence-electron chi connectivity index (χ1n) is 3.94. The number of benzene rings is 1. The molecule has 0 aliphatic rings. The van der Waals surface area contributed by atoms with E-state index in [0.717, 1.165) is 27.5 Å². The van der Waals surface area contributed by atoms with Crippen LogP contribution in [0.5, 0.6) is 5.88 Å². The standard InChI is InChI=1S/C9H7BrN2OS/c1-13-9-8(11-14-12-9)6-2-4-7(10)5-3-6/h2-5H,1H3. The van der Waals surface area contributed by atoms with Gasteiger partial charge in [-0.25, -0.2) is 0 Å². The zero-order valence-corrected chi connectivity index (χ0v) is 9.80. The molecule has 14 heavy (non-hydrogen) atoms. The van der Waals surface area contributed by atoms with E-state index in [0.29, 0.717) is 5.88 Å². The summed E-state index contributed by atoms with van der Waals surface area (Å²) in [5.41, 5.74) is 1.81. The minimum atomic E-state index is 0.581. The molecule has 2 aromatic rings. The van der Waals surface area contributed by atoms with Crippen LogP contribution in [0, 0.1) is 0 Å². The van der Waals surface area contributed by atoms with Gasteiger partial charge in [-0.3, -0.25) is 0 Å². The molecule has 2 rings (SSSR count). The van der Waals surface area contributed by atoms with Gasteiger partial charge < -0.3 is 4.74 Å². The van der Waals surface area contributed by atoms with E-state index in [1.807, 2.05) is 24.3 Å². The Morgan fingerprint density at radius 3 is 2.57 bits per heavy atom. The highest BCUT2D eigenvalue weighted by Crippen LogP contribution is 2.28. The first kappa shape index (κ1) is 9.61. The molecule has 72 valence electrons.